The fourth-order valence-electron chi connectivity index (χ4n) is 2.50. The van der Waals surface area contributed by atoms with Crippen LogP contribution in [0, 0.1) is 6.92 Å². The molecule has 0 radical (unpaired) electrons. The van der Waals surface area contributed by atoms with Gasteiger partial charge in [-0.05, 0) is 55.8 Å². The lowest BCUT2D eigenvalue weighted by Crippen LogP contribution is -2.04. The van der Waals surface area contributed by atoms with Crippen LogP contribution in [0.15, 0.2) is 51.9 Å². The Balaban J connectivity index is 1.71. The van der Waals surface area contributed by atoms with Crippen molar-refractivity contribution in [1.82, 2.24) is 10.1 Å². The molecule has 0 bridgehead atoms. The Morgan fingerprint density at radius 3 is 2.56 bits per heavy atom. The van der Waals surface area contributed by atoms with E-state index in [1.54, 1.807) is 18.2 Å². The second kappa shape index (κ2) is 7.79. The Morgan fingerprint density at radius 2 is 1.89 bits per heavy atom. The van der Waals surface area contributed by atoms with Crippen LogP contribution in [0.25, 0.3) is 11.4 Å². The Morgan fingerprint density at radius 1 is 1.15 bits per heavy atom. The lowest BCUT2D eigenvalue weighted by molar-refractivity contribution is 0.340. The van der Waals surface area contributed by atoms with Crippen molar-refractivity contribution in [1.29, 1.82) is 0 Å². The van der Waals surface area contributed by atoms with Crippen molar-refractivity contribution in [2.45, 2.75) is 25.3 Å². The Bertz CT molecular complexity index is 1030. The summed E-state index contributed by atoms with van der Waals surface area (Å²) < 4.78 is 34.1. The highest BCUT2D eigenvalue weighted by molar-refractivity contribution is 7.90. The van der Waals surface area contributed by atoms with E-state index in [0.717, 1.165) is 16.9 Å². The number of anilines is 1. The molecule has 1 heterocycles. The van der Waals surface area contributed by atoms with Gasteiger partial charge in [0.15, 0.2) is 9.84 Å². The summed E-state index contributed by atoms with van der Waals surface area (Å²) in [5.41, 5.74) is 2.45. The van der Waals surface area contributed by atoms with E-state index < -0.39 is 9.84 Å². The van der Waals surface area contributed by atoms with E-state index in [9.17, 15) is 8.42 Å². The van der Waals surface area contributed by atoms with Crippen LogP contribution in [0.1, 0.15) is 18.4 Å². The van der Waals surface area contributed by atoms with Crippen LogP contribution in [0.4, 0.5) is 5.69 Å². The minimum atomic E-state index is -3.27. The van der Waals surface area contributed by atoms with E-state index in [4.69, 9.17) is 9.26 Å². The van der Waals surface area contributed by atoms with Gasteiger partial charge in [-0.3, -0.25) is 0 Å². The molecule has 0 saturated carbocycles. The minimum absolute atomic E-state index is 0.260. The summed E-state index contributed by atoms with van der Waals surface area (Å²) in [6.45, 7) is 4.72. The second-order valence-electron chi connectivity index (χ2n) is 6.07. The van der Waals surface area contributed by atoms with Crippen molar-refractivity contribution < 1.29 is 17.7 Å². The molecule has 7 nitrogen and oxygen atoms in total. The molecule has 3 rings (SSSR count). The first-order valence-corrected chi connectivity index (χ1v) is 10.4. The van der Waals surface area contributed by atoms with E-state index >= 15 is 0 Å². The number of hydrogen-bond acceptors (Lipinski definition) is 7. The maximum Gasteiger partial charge on any atom is 0.246 e. The first-order chi connectivity index (χ1) is 12.9. The fraction of sp³-hybridized carbons (Fsp3) is 0.263. The number of aryl methyl sites for hydroxylation is 1. The lowest BCUT2D eigenvalue weighted by atomic mass is 10.2. The topological polar surface area (TPSA) is 94.3 Å². The molecule has 0 aliphatic carbocycles. The number of nitrogens with one attached hydrogen (secondary N) is 1. The van der Waals surface area contributed by atoms with Crippen LogP contribution in [0.5, 0.6) is 5.75 Å². The predicted octanol–water partition coefficient (Wildman–Crippen LogP) is 3.46. The van der Waals surface area contributed by atoms with E-state index in [2.05, 4.69) is 15.5 Å². The summed E-state index contributed by atoms with van der Waals surface area (Å²) >= 11 is 0. The number of rotatable bonds is 7. The molecule has 0 atom stereocenters. The zero-order valence-corrected chi connectivity index (χ0v) is 16.2. The fourth-order valence-corrected chi connectivity index (χ4v) is 3.15. The first kappa shape index (κ1) is 18.9. The zero-order valence-electron chi connectivity index (χ0n) is 15.4. The van der Waals surface area contributed by atoms with Crippen molar-refractivity contribution in [3.63, 3.8) is 0 Å². The average Bonchev–Trinajstić information content (AvgIpc) is 3.10. The molecule has 27 heavy (non-hydrogen) atoms. The van der Waals surface area contributed by atoms with Gasteiger partial charge in [0, 0.05) is 17.5 Å². The Hall–Kier alpha value is -2.87. The molecular weight excluding hydrogens is 366 g/mol. The molecule has 142 valence electrons. The molecule has 0 aliphatic rings. The first-order valence-electron chi connectivity index (χ1n) is 8.47. The predicted molar refractivity (Wildman–Crippen MR) is 103 cm³/mol. The van der Waals surface area contributed by atoms with Crippen LogP contribution in [-0.4, -0.2) is 31.4 Å². The maximum absolute atomic E-state index is 11.7. The molecule has 0 spiro atoms. The number of hydrogen-bond donors (Lipinski definition) is 1. The SMILES string of the molecule is CCOc1ccc(-c2noc(CNc3cc(S(C)(=O)=O)ccc3C)n2)cc1. The monoisotopic (exact) mass is 387 g/mol. The highest BCUT2D eigenvalue weighted by Crippen LogP contribution is 2.22. The number of benzene rings is 2. The van der Waals surface area contributed by atoms with E-state index in [-0.39, 0.29) is 11.4 Å². The number of sulfone groups is 1. The summed E-state index contributed by atoms with van der Waals surface area (Å²) in [7, 11) is -3.27. The van der Waals surface area contributed by atoms with E-state index in [0.29, 0.717) is 24.0 Å². The summed E-state index contributed by atoms with van der Waals surface area (Å²) in [6, 6.07) is 12.4. The van der Waals surface area contributed by atoms with Gasteiger partial charge in [0.05, 0.1) is 18.0 Å². The van der Waals surface area contributed by atoms with Crippen molar-refractivity contribution in [3.8, 4) is 17.1 Å². The summed E-state index contributed by atoms with van der Waals surface area (Å²) in [6.07, 6.45) is 1.18. The van der Waals surface area contributed by atoms with E-state index in [1.807, 2.05) is 38.1 Å². The molecule has 0 amide bonds. The number of ether oxygens (including phenoxy) is 1. The zero-order chi connectivity index (χ0) is 19.4. The van der Waals surface area contributed by atoms with Crippen molar-refractivity contribution >= 4 is 15.5 Å². The Kier molecular flexibility index (Phi) is 5.46. The van der Waals surface area contributed by atoms with Crippen molar-refractivity contribution in [3.05, 3.63) is 53.9 Å². The molecule has 0 fully saturated rings. The smallest absolute Gasteiger partial charge is 0.246 e. The lowest BCUT2D eigenvalue weighted by Gasteiger charge is -2.09. The minimum Gasteiger partial charge on any atom is -0.494 e. The van der Waals surface area contributed by atoms with Gasteiger partial charge < -0.3 is 14.6 Å². The van der Waals surface area contributed by atoms with Crippen LogP contribution in [0.2, 0.25) is 0 Å². The normalized spacial score (nSPS) is 11.4. The van der Waals surface area contributed by atoms with Crippen molar-refractivity contribution in [2.75, 3.05) is 18.2 Å². The maximum atomic E-state index is 11.7. The molecule has 0 aliphatic heterocycles. The van der Waals surface area contributed by atoms with Crippen LogP contribution >= 0.6 is 0 Å². The van der Waals surface area contributed by atoms with Crippen LogP contribution in [-0.2, 0) is 16.4 Å². The third-order valence-corrected chi connectivity index (χ3v) is 5.07. The molecule has 2 aromatic carbocycles. The van der Waals surface area contributed by atoms with Gasteiger partial charge in [-0.2, -0.15) is 4.98 Å². The third-order valence-electron chi connectivity index (χ3n) is 3.96. The molecule has 1 aromatic heterocycles. The Labute approximate surface area is 158 Å². The van der Waals surface area contributed by atoms with Gasteiger partial charge in [0.25, 0.3) is 0 Å². The largest absolute Gasteiger partial charge is 0.494 e. The standard InChI is InChI=1S/C19H21N3O4S/c1-4-25-15-8-6-14(7-9-15)19-21-18(26-22-19)12-20-17-11-16(27(3,23)24)10-5-13(17)2/h5-11,20H,4,12H2,1-3H3. The molecule has 0 saturated heterocycles. The van der Waals surface area contributed by atoms with Gasteiger partial charge in [-0.1, -0.05) is 11.2 Å². The summed E-state index contributed by atoms with van der Waals surface area (Å²) in [5.74, 6) is 1.67. The summed E-state index contributed by atoms with van der Waals surface area (Å²) in [5, 5.41) is 7.14. The molecule has 3 aromatic rings. The number of aromatic nitrogens is 2. The van der Waals surface area contributed by atoms with Crippen LogP contribution < -0.4 is 10.1 Å². The van der Waals surface area contributed by atoms with Gasteiger partial charge in [0.1, 0.15) is 5.75 Å². The molecule has 1 N–H and O–H groups in total. The van der Waals surface area contributed by atoms with Gasteiger partial charge >= 0.3 is 0 Å². The highest BCUT2D eigenvalue weighted by atomic mass is 32.2. The average molecular weight is 387 g/mol. The number of nitrogens with zero attached hydrogens (tertiary/aromatic N) is 2. The van der Waals surface area contributed by atoms with E-state index in [1.165, 1.54) is 6.26 Å². The summed E-state index contributed by atoms with van der Waals surface area (Å²) in [4.78, 5) is 4.63. The van der Waals surface area contributed by atoms with Gasteiger partial charge in [0.2, 0.25) is 11.7 Å². The molecular formula is C19H21N3O4S. The van der Waals surface area contributed by atoms with Gasteiger partial charge in [-0.15, -0.1) is 0 Å². The van der Waals surface area contributed by atoms with Gasteiger partial charge in [-0.25, -0.2) is 8.42 Å². The molecule has 8 heteroatoms. The third kappa shape index (κ3) is 4.65. The molecule has 0 unspecified atom stereocenters. The van der Waals surface area contributed by atoms with Crippen LogP contribution in [0.3, 0.4) is 0 Å². The van der Waals surface area contributed by atoms with Crippen molar-refractivity contribution in [2.24, 2.45) is 0 Å². The highest BCUT2D eigenvalue weighted by Gasteiger charge is 2.12. The quantitative estimate of drug-likeness (QED) is 0.663. The second-order valence-corrected chi connectivity index (χ2v) is 8.09.